The first-order valence-corrected chi connectivity index (χ1v) is 14.5. The fourth-order valence-electron chi connectivity index (χ4n) is 6.29. The number of hydrogen-bond acceptors (Lipinski definition) is 5. The van der Waals surface area contributed by atoms with E-state index in [9.17, 15) is 18.0 Å². The Labute approximate surface area is 251 Å². The van der Waals surface area contributed by atoms with Gasteiger partial charge >= 0.3 is 6.18 Å². The molecule has 0 radical (unpaired) electrons. The van der Waals surface area contributed by atoms with Crippen molar-refractivity contribution in [3.05, 3.63) is 65.1 Å². The molecule has 2 aliphatic heterocycles. The molecule has 12 heteroatoms. The number of rotatable bonds is 5. The van der Waals surface area contributed by atoms with Crippen LogP contribution in [0.15, 0.2) is 43.1 Å². The van der Waals surface area contributed by atoms with Crippen molar-refractivity contribution in [1.82, 2.24) is 24.6 Å². The summed E-state index contributed by atoms with van der Waals surface area (Å²) in [5, 5.41) is 5.65. The normalized spacial score (nSPS) is 16.9. The lowest BCUT2D eigenvalue weighted by atomic mass is 9.93. The van der Waals surface area contributed by atoms with Crippen molar-refractivity contribution < 1.29 is 22.4 Å². The molecule has 2 saturated heterocycles. The molecule has 4 heterocycles. The summed E-state index contributed by atoms with van der Waals surface area (Å²) in [5.41, 5.74) is -1.07. The molecule has 0 aliphatic carbocycles. The number of aromatic nitrogens is 3. The molecule has 0 N–H and O–H groups in total. The van der Waals surface area contributed by atoms with Crippen LogP contribution in [0.1, 0.15) is 30.0 Å². The van der Waals surface area contributed by atoms with E-state index in [1.807, 2.05) is 23.7 Å². The number of benzene rings is 2. The Balaban J connectivity index is 1.56. The zero-order chi connectivity index (χ0) is 30.8. The van der Waals surface area contributed by atoms with E-state index >= 15 is 4.39 Å². The highest BCUT2D eigenvalue weighted by atomic mass is 35.5. The maximum absolute atomic E-state index is 16.6. The molecule has 4 aromatic rings. The third kappa shape index (κ3) is 4.92. The fraction of sp³-hybridized carbons (Fsp3) is 0.387. The van der Waals surface area contributed by atoms with E-state index < -0.39 is 17.6 Å². The Morgan fingerprint density at radius 2 is 1.86 bits per heavy atom. The smallest absolute Gasteiger partial charge is 0.353 e. The third-order valence-electron chi connectivity index (χ3n) is 8.72. The van der Waals surface area contributed by atoms with E-state index in [0.29, 0.717) is 61.1 Å². The van der Waals surface area contributed by atoms with Gasteiger partial charge in [-0.3, -0.25) is 9.48 Å². The van der Waals surface area contributed by atoms with E-state index in [1.54, 1.807) is 11.1 Å². The summed E-state index contributed by atoms with van der Waals surface area (Å²) in [6.45, 7) is 7.25. The summed E-state index contributed by atoms with van der Waals surface area (Å²) in [5.74, 6) is -0.520. The predicted octanol–water partition coefficient (Wildman–Crippen LogP) is 6.47. The predicted molar refractivity (Wildman–Crippen MR) is 160 cm³/mol. The van der Waals surface area contributed by atoms with E-state index in [4.69, 9.17) is 21.7 Å². The zero-order valence-corrected chi connectivity index (χ0v) is 24.8. The van der Waals surface area contributed by atoms with Crippen LogP contribution in [0.3, 0.4) is 0 Å². The number of halogens is 5. The number of carbonyl (C=O) groups excluding carboxylic acids is 1. The van der Waals surface area contributed by atoms with Gasteiger partial charge in [0.1, 0.15) is 11.3 Å². The van der Waals surface area contributed by atoms with Crippen LogP contribution in [0.25, 0.3) is 32.9 Å². The van der Waals surface area contributed by atoms with Gasteiger partial charge in [0.2, 0.25) is 5.91 Å². The summed E-state index contributed by atoms with van der Waals surface area (Å²) in [7, 11) is 3.97. The van der Waals surface area contributed by atoms with Crippen molar-refractivity contribution in [3.63, 3.8) is 0 Å². The minimum absolute atomic E-state index is 0.0284. The SMILES string of the molecule is C=CC(=O)N1CCC(n2ncc3c(N4CC(N(C)C)C4)nc4c(F)c(-c5cccc(C)c5C(F)(F)F)c(Cl)cc4c32)CC1. The van der Waals surface area contributed by atoms with Gasteiger partial charge in [-0.15, -0.1) is 0 Å². The molecule has 43 heavy (non-hydrogen) atoms. The maximum Gasteiger partial charge on any atom is 0.417 e. The monoisotopic (exact) mass is 614 g/mol. The van der Waals surface area contributed by atoms with E-state index in [1.165, 1.54) is 37.3 Å². The van der Waals surface area contributed by atoms with Gasteiger partial charge in [-0.1, -0.05) is 36.4 Å². The lowest BCUT2D eigenvalue weighted by Gasteiger charge is -2.43. The molecular weight excluding hydrogens is 584 g/mol. The first-order chi connectivity index (χ1) is 20.4. The molecule has 0 spiro atoms. The van der Waals surface area contributed by atoms with Gasteiger partial charge in [0, 0.05) is 43.2 Å². The van der Waals surface area contributed by atoms with Crippen LogP contribution in [0.5, 0.6) is 0 Å². The Morgan fingerprint density at radius 3 is 2.49 bits per heavy atom. The molecular formula is C31H31ClF4N6O. The summed E-state index contributed by atoms with van der Waals surface area (Å²) >= 11 is 6.65. The number of likely N-dealkylation sites (N-methyl/N-ethyl adjacent to an activating group) is 1. The molecule has 0 bridgehead atoms. The largest absolute Gasteiger partial charge is 0.417 e. The number of alkyl halides is 3. The van der Waals surface area contributed by atoms with Gasteiger partial charge in [-0.05, 0) is 57.1 Å². The molecule has 2 aliphatic rings. The first-order valence-electron chi connectivity index (χ1n) is 14.1. The standard InChI is InChI=1S/C31H31ClF4N6O/c1-5-24(43)40-11-9-18(10-12-40)42-29-21-13-23(32)25(20-8-6-7-17(2)26(20)31(34,35)36)27(33)28(21)38-30(22(29)14-37-42)41-15-19(16-41)39(3)4/h5-8,13-14,18-19H,1,9-12,15-16H2,2-4H3. The van der Waals surface area contributed by atoms with Crippen LogP contribution in [0.2, 0.25) is 5.02 Å². The lowest BCUT2D eigenvalue weighted by molar-refractivity contribution is -0.137. The first kappa shape index (κ1) is 29.4. The Kier molecular flexibility index (Phi) is 7.37. The second kappa shape index (κ2) is 10.8. The fourth-order valence-corrected chi connectivity index (χ4v) is 6.58. The minimum Gasteiger partial charge on any atom is -0.353 e. The third-order valence-corrected chi connectivity index (χ3v) is 9.01. The topological polar surface area (TPSA) is 57.5 Å². The summed E-state index contributed by atoms with van der Waals surface area (Å²) in [4.78, 5) is 22.8. The van der Waals surface area contributed by atoms with Crippen LogP contribution in [-0.4, -0.2) is 76.8 Å². The van der Waals surface area contributed by atoms with Gasteiger partial charge in [0.25, 0.3) is 0 Å². The van der Waals surface area contributed by atoms with Gasteiger partial charge < -0.3 is 14.7 Å². The van der Waals surface area contributed by atoms with Crippen LogP contribution >= 0.6 is 11.6 Å². The Morgan fingerprint density at radius 1 is 1.16 bits per heavy atom. The van der Waals surface area contributed by atoms with Crippen LogP contribution in [0.4, 0.5) is 23.4 Å². The number of carbonyl (C=O) groups is 1. The molecule has 1 amide bonds. The number of anilines is 1. The maximum atomic E-state index is 16.6. The van der Waals surface area contributed by atoms with Crippen molar-refractivity contribution in [2.24, 2.45) is 0 Å². The number of likely N-dealkylation sites (tertiary alicyclic amines) is 1. The molecule has 2 aromatic heterocycles. The van der Waals surface area contributed by atoms with E-state index in [0.717, 1.165) is 0 Å². The summed E-state index contributed by atoms with van der Waals surface area (Å²) in [6, 6.07) is 5.74. The average Bonchev–Trinajstić information content (AvgIpc) is 3.37. The summed E-state index contributed by atoms with van der Waals surface area (Å²) < 4.78 is 61.1. The summed E-state index contributed by atoms with van der Waals surface area (Å²) in [6.07, 6.45) is -0.469. The quantitative estimate of drug-likeness (QED) is 0.191. The highest BCUT2D eigenvalue weighted by molar-refractivity contribution is 6.35. The molecule has 2 fully saturated rings. The van der Waals surface area contributed by atoms with Crippen LogP contribution in [-0.2, 0) is 11.0 Å². The van der Waals surface area contributed by atoms with Crippen molar-refractivity contribution in [3.8, 4) is 11.1 Å². The van der Waals surface area contributed by atoms with E-state index in [-0.39, 0.29) is 45.2 Å². The second-order valence-electron chi connectivity index (χ2n) is 11.5. The van der Waals surface area contributed by atoms with Crippen molar-refractivity contribution in [2.45, 2.75) is 38.0 Å². The number of pyridine rings is 1. The van der Waals surface area contributed by atoms with Crippen molar-refractivity contribution in [2.75, 3.05) is 45.2 Å². The molecule has 226 valence electrons. The number of amides is 1. The zero-order valence-electron chi connectivity index (χ0n) is 24.0. The number of nitrogens with zero attached hydrogens (tertiary/aromatic N) is 6. The van der Waals surface area contributed by atoms with Gasteiger partial charge in [0.15, 0.2) is 5.82 Å². The van der Waals surface area contributed by atoms with Crippen molar-refractivity contribution >= 4 is 45.1 Å². The molecule has 6 rings (SSSR count). The van der Waals surface area contributed by atoms with Crippen molar-refractivity contribution in [1.29, 1.82) is 0 Å². The molecule has 2 aromatic carbocycles. The molecule has 0 saturated carbocycles. The van der Waals surface area contributed by atoms with Gasteiger partial charge in [-0.25, -0.2) is 9.37 Å². The highest BCUT2D eigenvalue weighted by Crippen LogP contribution is 2.46. The number of fused-ring (bicyclic) bond motifs is 3. The second-order valence-corrected chi connectivity index (χ2v) is 11.9. The van der Waals surface area contributed by atoms with Gasteiger partial charge in [-0.2, -0.15) is 18.3 Å². The number of aryl methyl sites for hydroxylation is 1. The molecule has 0 unspecified atom stereocenters. The minimum atomic E-state index is -4.72. The van der Waals surface area contributed by atoms with E-state index in [2.05, 4.69) is 11.5 Å². The Hall–Kier alpha value is -3.70. The van der Waals surface area contributed by atoms with Crippen LogP contribution < -0.4 is 4.90 Å². The number of hydrogen-bond donors (Lipinski definition) is 0. The van der Waals surface area contributed by atoms with Gasteiger partial charge in [0.05, 0.1) is 33.7 Å². The molecule has 0 atom stereocenters. The average molecular weight is 615 g/mol. The Bertz CT molecular complexity index is 1750. The molecule has 7 nitrogen and oxygen atoms in total. The number of piperidine rings is 1. The highest BCUT2D eigenvalue weighted by Gasteiger charge is 2.38. The van der Waals surface area contributed by atoms with Crippen LogP contribution in [0, 0.1) is 12.7 Å². The lowest BCUT2D eigenvalue weighted by Crippen LogP contribution is -2.57.